The van der Waals surface area contributed by atoms with E-state index in [1.807, 2.05) is 43.3 Å². The molecule has 0 bridgehead atoms. The van der Waals surface area contributed by atoms with E-state index < -0.39 is 6.36 Å². The average Bonchev–Trinajstić information content (AvgIpc) is 3.55. The van der Waals surface area contributed by atoms with Gasteiger partial charge in [-0.25, -0.2) is 14.5 Å². The Morgan fingerprint density at radius 2 is 1.78 bits per heavy atom. The van der Waals surface area contributed by atoms with Gasteiger partial charge in [-0.05, 0) is 86.9 Å². The number of amides is 2. The lowest BCUT2D eigenvalue weighted by Gasteiger charge is -2.37. The number of anilines is 1. The van der Waals surface area contributed by atoms with Crippen LogP contribution in [0.2, 0.25) is 0 Å². The Labute approximate surface area is 288 Å². The van der Waals surface area contributed by atoms with Crippen LogP contribution in [0.5, 0.6) is 11.5 Å². The molecule has 49 heavy (non-hydrogen) atoms. The number of rotatable bonds is 11. The maximum atomic E-state index is 13.1. The number of hydrogen-bond donors (Lipinski definition) is 1. The highest BCUT2D eigenvalue weighted by Crippen LogP contribution is 2.37. The van der Waals surface area contributed by atoms with Crippen LogP contribution in [0.4, 0.5) is 23.7 Å². The van der Waals surface area contributed by atoms with Gasteiger partial charge < -0.3 is 19.7 Å². The van der Waals surface area contributed by atoms with E-state index in [-0.39, 0.29) is 23.9 Å². The van der Waals surface area contributed by atoms with E-state index in [2.05, 4.69) is 56.9 Å². The summed E-state index contributed by atoms with van der Waals surface area (Å²) < 4.78 is 48.3. The number of benzene rings is 3. The van der Waals surface area contributed by atoms with Crippen LogP contribution in [-0.4, -0.2) is 57.3 Å². The fourth-order valence-corrected chi connectivity index (χ4v) is 6.84. The number of carbonyl (C=O) groups excluding carboxylic acids is 1. The highest BCUT2D eigenvalue weighted by Gasteiger charge is 2.31. The smallest absolute Gasteiger partial charge is 0.497 e. The Hall–Kier alpha value is -4.52. The maximum Gasteiger partial charge on any atom is 0.573 e. The quantitative estimate of drug-likeness (QED) is 0.168. The van der Waals surface area contributed by atoms with Crippen LogP contribution in [0.3, 0.4) is 0 Å². The van der Waals surface area contributed by atoms with Gasteiger partial charge in [-0.3, -0.25) is 0 Å². The molecule has 13 heteroatoms. The first-order valence-corrected chi connectivity index (χ1v) is 17.2. The van der Waals surface area contributed by atoms with Gasteiger partial charge in [0, 0.05) is 29.5 Å². The first-order valence-electron chi connectivity index (χ1n) is 16.3. The second kappa shape index (κ2) is 15.8. The Balaban J connectivity index is 1.14. The third-order valence-electron chi connectivity index (χ3n) is 8.24. The molecule has 0 aliphatic carbocycles. The lowest BCUT2D eigenvalue weighted by atomic mass is 9.99. The van der Waals surface area contributed by atoms with E-state index in [4.69, 9.17) is 4.74 Å². The predicted octanol–water partition coefficient (Wildman–Crippen LogP) is 8.77. The number of nitrogens with zero attached hydrogens (tertiary/aromatic N) is 5. The van der Waals surface area contributed by atoms with E-state index in [1.54, 1.807) is 18.9 Å². The summed E-state index contributed by atoms with van der Waals surface area (Å²) in [5.41, 5.74) is 4.72. The van der Waals surface area contributed by atoms with Gasteiger partial charge in [-0.2, -0.15) is 4.99 Å². The molecule has 2 atom stereocenters. The standard InChI is InChI=1S/C36H41F3N6O3S/c1-23(2)31-18-17-30(47-5)21-32(31)45-25(4)19-20-49-35(45)42-34(46)41-24(3)7-6-8-26-9-11-27(12-10-26)33-40-22-44(43-33)28-13-15-29(16-14-28)48-36(37,38)39/h9-18,21-25H,6-8,19-20H2,1-5H3,(H,41,46). The van der Waals surface area contributed by atoms with Gasteiger partial charge in [0.05, 0.1) is 18.5 Å². The normalized spacial score (nSPS) is 16.6. The fourth-order valence-electron chi connectivity index (χ4n) is 5.64. The molecule has 5 rings (SSSR count). The SMILES string of the molecule is COc1ccc(C(C)C)c(N2C(=NC(=O)NC(C)CCCc3ccc(-c4ncn(-c5ccc(OC(F)(F)F)cc5)n4)cc3)SCCC2C)c1. The number of carbonyl (C=O) groups is 1. The summed E-state index contributed by atoms with van der Waals surface area (Å²) in [7, 11) is 1.66. The van der Waals surface area contributed by atoms with Crippen LogP contribution in [0, 0.1) is 0 Å². The number of halogens is 3. The number of nitrogens with one attached hydrogen (secondary N) is 1. The van der Waals surface area contributed by atoms with Crippen molar-refractivity contribution in [2.45, 2.75) is 77.7 Å². The third-order valence-corrected chi connectivity index (χ3v) is 9.23. The molecule has 2 heterocycles. The monoisotopic (exact) mass is 694 g/mol. The van der Waals surface area contributed by atoms with Gasteiger partial charge in [0.25, 0.3) is 0 Å². The molecular weight excluding hydrogens is 653 g/mol. The molecule has 1 aliphatic heterocycles. The Kier molecular flexibility index (Phi) is 11.5. The van der Waals surface area contributed by atoms with Crippen molar-refractivity contribution in [2.24, 2.45) is 4.99 Å². The molecular formula is C36H41F3N6O3S. The summed E-state index contributed by atoms with van der Waals surface area (Å²) in [5, 5.41) is 8.22. The molecule has 4 aromatic rings. The zero-order valence-corrected chi connectivity index (χ0v) is 29.0. The summed E-state index contributed by atoms with van der Waals surface area (Å²) in [6.45, 7) is 8.48. The van der Waals surface area contributed by atoms with Gasteiger partial charge >= 0.3 is 12.4 Å². The maximum absolute atomic E-state index is 13.1. The van der Waals surface area contributed by atoms with Crippen LogP contribution < -0.4 is 19.7 Å². The minimum absolute atomic E-state index is 0.0547. The molecule has 0 spiro atoms. The molecule has 2 unspecified atom stereocenters. The van der Waals surface area contributed by atoms with Crippen LogP contribution in [-0.2, 0) is 6.42 Å². The number of aryl methyl sites for hydroxylation is 1. The van der Waals surface area contributed by atoms with Crippen molar-refractivity contribution in [1.29, 1.82) is 0 Å². The zero-order chi connectivity index (χ0) is 35.1. The molecule has 1 N–H and O–H groups in total. The molecule has 1 fully saturated rings. The summed E-state index contributed by atoms with van der Waals surface area (Å²) in [5.74, 6) is 2.16. The Morgan fingerprint density at radius 1 is 1.06 bits per heavy atom. The lowest BCUT2D eigenvalue weighted by molar-refractivity contribution is -0.274. The van der Waals surface area contributed by atoms with E-state index in [0.717, 1.165) is 54.0 Å². The van der Waals surface area contributed by atoms with Gasteiger partial charge in [0.2, 0.25) is 0 Å². The number of methoxy groups -OCH3 is 1. The number of aromatic nitrogens is 3. The number of alkyl halides is 3. The first-order chi connectivity index (χ1) is 23.4. The van der Waals surface area contributed by atoms with Crippen molar-refractivity contribution in [2.75, 3.05) is 17.8 Å². The molecule has 1 aromatic heterocycles. The lowest BCUT2D eigenvalue weighted by Crippen LogP contribution is -2.43. The number of ether oxygens (including phenoxy) is 2. The summed E-state index contributed by atoms with van der Waals surface area (Å²) in [6, 6.07) is 19.2. The molecule has 0 saturated carbocycles. The topological polar surface area (TPSA) is 93.9 Å². The zero-order valence-electron chi connectivity index (χ0n) is 28.2. The van der Waals surface area contributed by atoms with Crippen molar-refractivity contribution in [3.05, 3.63) is 84.2 Å². The van der Waals surface area contributed by atoms with E-state index in [9.17, 15) is 18.0 Å². The Bertz CT molecular complexity index is 1740. The van der Waals surface area contributed by atoms with Gasteiger partial charge in [0.15, 0.2) is 11.0 Å². The molecule has 0 radical (unpaired) electrons. The average molecular weight is 695 g/mol. The number of hydrogen-bond acceptors (Lipinski definition) is 6. The second-order valence-corrected chi connectivity index (χ2v) is 13.4. The molecule has 1 aliphatic rings. The highest BCUT2D eigenvalue weighted by atomic mass is 32.2. The fraction of sp³-hybridized carbons (Fsp3) is 0.389. The molecule has 1 saturated heterocycles. The van der Waals surface area contributed by atoms with Crippen LogP contribution in [0.15, 0.2) is 78.0 Å². The summed E-state index contributed by atoms with van der Waals surface area (Å²) in [6.07, 6.45) is 0.243. The molecule has 3 aromatic carbocycles. The second-order valence-electron chi connectivity index (χ2n) is 12.3. The number of amidine groups is 1. The van der Waals surface area contributed by atoms with Crippen LogP contribution in [0.25, 0.3) is 17.1 Å². The minimum Gasteiger partial charge on any atom is -0.497 e. The van der Waals surface area contributed by atoms with E-state index in [1.165, 1.54) is 40.8 Å². The van der Waals surface area contributed by atoms with Crippen molar-refractivity contribution in [1.82, 2.24) is 20.1 Å². The van der Waals surface area contributed by atoms with Crippen molar-refractivity contribution in [3.63, 3.8) is 0 Å². The number of thioether (sulfide) groups is 1. The van der Waals surface area contributed by atoms with Gasteiger partial charge in [-0.1, -0.05) is 55.9 Å². The number of aliphatic imine (C=N–C) groups is 1. The van der Waals surface area contributed by atoms with E-state index >= 15 is 0 Å². The molecule has 260 valence electrons. The first kappa shape index (κ1) is 35.8. The van der Waals surface area contributed by atoms with Gasteiger partial charge in [-0.15, -0.1) is 18.3 Å². The van der Waals surface area contributed by atoms with Crippen LogP contribution in [0.1, 0.15) is 64.0 Å². The highest BCUT2D eigenvalue weighted by molar-refractivity contribution is 8.14. The third kappa shape index (κ3) is 9.56. The molecule has 2 amide bonds. The van der Waals surface area contributed by atoms with Crippen molar-refractivity contribution >= 4 is 28.6 Å². The summed E-state index contributed by atoms with van der Waals surface area (Å²) in [4.78, 5) is 24.2. The molecule has 9 nitrogen and oxygen atoms in total. The van der Waals surface area contributed by atoms with E-state index in [0.29, 0.717) is 22.6 Å². The van der Waals surface area contributed by atoms with Crippen molar-refractivity contribution < 1.29 is 27.4 Å². The van der Waals surface area contributed by atoms with Crippen LogP contribution >= 0.6 is 11.8 Å². The predicted molar refractivity (Wildman–Crippen MR) is 188 cm³/mol. The van der Waals surface area contributed by atoms with Gasteiger partial charge in [0.1, 0.15) is 17.8 Å². The van der Waals surface area contributed by atoms with Crippen molar-refractivity contribution in [3.8, 4) is 28.6 Å². The minimum atomic E-state index is -4.75. The Morgan fingerprint density at radius 3 is 2.45 bits per heavy atom. The number of urea groups is 1. The summed E-state index contributed by atoms with van der Waals surface area (Å²) >= 11 is 1.60. The largest absolute Gasteiger partial charge is 0.573 e.